The maximum Gasteiger partial charge on any atom is 0.246 e. The molecule has 0 spiro atoms. The summed E-state index contributed by atoms with van der Waals surface area (Å²) in [7, 11) is -3.67. The number of aromatic nitrogens is 1. The lowest BCUT2D eigenvalue weighted by Crippen LogP contribution is -2.38. The maximum absolute atomic E-state index is 12.7. The summed E-state index contributed by atoms with van der Waals surface area (Å²) in [6, 6.07) is 8.18. The molecule has 2 rings (SSSR count). The number of hydrogen-bond acceptors (Lipinski definition) is 5. The molecule has 25 heavy (non-hydrogen) atoms. The van der Waals surface area contributed by atoms with Crippen LogP contribution in [0.25, 0.3) is 0 Å². The Balaban J connectivity index is 2.27. The molecule has 1 unspecified atom stereocenters. The molecule has 138 valence electrons. The van der Waals surface area contributed by atoms with Crippen molar-refractivity contribution in [2.24, 2.45) is 0 Å². The third-order valence-electron chi connectivity index (χ3n) is 4.42. The van der Waals surface area contributed by atoms with E-state index in [9.17, 15) is 8.42 Å². The summed E-state index contributed by atoms with van der Waals surface area (Å²) in [6.45, 7) is 11.4. The molecule has 0 fully saturated rings. The van der Waals surface area contributed by atoms with Crippen LogP contribution < -0.4 is 4.72 Å². The highest BCUT2D eigenvalue weighted by molar-refractivity contribution is 7.89. The van der Waals surface area contributed by atoms with Gasteiger partial charge in [-0.1, -0.05) is 48.8 Å². The molecule has 0 saturated heterocycles. The maximum atomic E-state index is 12.7. The van der Waals surface area contributed by atoms with Crippen molar-refractivity contribution >= 4 is 10.0 Å². The minimum atomic E-state index is -3.67. The lowest BCUT2D eigenvalue weighted by Gasteiger charge is -2.30. The summed E-state index contributed by atoms with van der Waals surface area (Å²) < 4.78 is 33.1. The van der Waals surface area contributed by atoms with Gasteiger partial charge in [0.05, 0.1) is 0 Å². The number of nitrogens with one attached hydrogen (secondary N) is 1. The van der Waals surface area contributed by atoms with Crippen molar-refractivity contribution < 1.29 is 12.9 Å². The first-order valence-corrected chi connectivity index (χ1v) is 10.0. The molecule has 1 N–H and O–H groups in total. The van der Waals surface area contributed by atoms with E-state index in [2.05, 4.69) is 52.9 Å². The highest BCUT2D eigenvalue weighted by Crippen LogP contribution is 2.23. The average molecular weight is 365 g/mol. The first-order chi connectivity index (χ1) is 11.8. The van der Waals surface area contributed by atoms with Gasteiger partial charge in [0.15, 0.2) is 5.76 Å². The Morgan fingerprint density at radius 3 is 2.20 bits per heavy atom. The van der Waals surface area contributed by atoms with Crippen LogP contribution in [0.4, 0.5) is 0 Å². The summed E-state index contributed by atoms with van der Waals surface area (Å²) in [5, 5.41) is 3.74. The highest BCUT2D eigenvalue weighted by atomic mass is 32.2. The van der Waals surface area contributed by atoms with Crippen molar-refractivity contribution in [3.05, 3.63) is 46.8 Å². The van der Waals surface area contributed by atoms with Crippen LogP contribution in [0.3, 0.4) is 0 Å². The van der Waals surface area contributed by atoms with E-state index in [1.54, 1.807) is 13.8 Å². The SMILES string of the molecule is CCN(CC)C(CNS(=O)(=O)c1c(C)noc1C)c1ccc(C)cc1. The Bertz CT molecular complexity index is 774. The number of likely N-dealkylation sites (N-methyl/N-ethyl adjacent to an activating group) is 1. The fourth-order valence-electron chi connectivity index (χ4n) is 3.03. The topological polar surface area (TPSA) is 75.4 Å². The van der Waals surface area contributed by atoms with Gasteiger partial charge in [-0.3, -0.25) is 4.90 Å². The second-order valence-corrected chi connectivity index (χ2v) is 7.86. The monoisotopic (exact) mass is 365 g/mol. The molecule has 0 saturated carbocycles. The Hall–Kier alpha value is -1.70. The van der Waals surface area contributed by atoms with E-state index in [1.807, 2.05) is 6.92 Å². The largest absolute Gasteiger partial charge is 0.360 e. The molecule has 0 aliphatic rings. The number of benzene rings is 1. The number of sulfonamides is 1. The van der Waals surface area contributed by atoms with E-state index < -0.39 is 10.0 Å². The summed E-state index contributed by atoms with van der Waals surface area (Å²) in [6.07, 6.45) is 0. The van der Waals surface area contributed by atoms with E-state index in [-0.39, 0.29) is 17.5 Å². The molecular formula is C18H27N3O3S. The first kappa shape index (κ1) is 19.6. The van der Waals surface area contributed by atoms with Crippen molar-refractivity contribution in [3.8, 4) is 0 Å². The molecule has 6 nitrogen and oxygen atoms in total. The molecule has 0 bridgehead atoms. The molecule has 7 heteroatoms. The van der Waals surface area contributed by atoms with Crippen molar-refractivity contribution in [1.82, 2.24) is 14.8 Å². The summed E-state index contributed by atoms with van der Waals surface area (Å²) >= 11 is 0. The van der Waals surface area contributed by atoms with Gasteiger partial charge in [-0.2, -0.15) is 0 Å². The van der Waals surface area contributed by atoms with Crippen LogP contribution in [0, 0.1) is 20.8 Å². The van der Waals surface area contributed by atoms with Crippen LogP contribution in [-0.4, -0.2) is 38.1 Å². The van der Waals surface area contributed by atoms with E-state index in [0.29, 0.717) is 11.5 Å². The van der Waals surface area contributed by atoms with Gasteiger partial charge >= 0.3 is 0 Å². The zero-order valence-electron chi connectivity index (χ0n) is 15.5. The molecule has 1 heterocycles. The molecule has 1 aromatic heterocycles. The van der Waals surface area contributed by atoms with Gasteiger partial charge in [0, 0.05) is 12.6 Å². The predicted octanol–water partition coefficient (Wildman–Crippen LogP) is 2.96. The van der Waals surface area contributed by atoms with Crippen LogP contribution in [0.5, 0.6) is 0 Å². The number of hydrogen-bond donors (Lipinski definition) is 1. The van der Waals surface area contributed by atoms with Gasteiger partial charge in [0.1, 0.15) is 10.6 Å². The van der Waals surface area contributed by atoms with Gasteiger partial charge in [0.25, 0.3) is 0 Å². The zero-order chi connectivity index (χ0) is 18.6. The lowest BCUT2D eigenvalue weighted by atomic mass is 10.0. The number of rotatable bonds is 8. The molecule has 2 aromatic rings. The predicted molar refractivity (Wildman–Crippen MR) is 98.0 cm³/mol. The van der Waals surface area contributed by atoms with Crippen LogP contribution in [0.15, 0.2) is 33.7 Å². The standard InChI is InChI=1S/C18H27N3O3S/c1-6-21(7-2)17(16-10-8-13(3)9-11-16)12-19-25(22,23)18-14(4)20-24-15(18)5/h8-11,17,19H,6-7,12H2,1-5H3. The lowest BCUT2D eigenvalue weighted by molar-refractivity contribution is 0.220. The number of aryl methyl sites for hydroxylation is 3. The number of nitrogens with zero attached hydrogens (tertiary/aromatic N) is 2. The molecule has 0 aliphatic heterocycles. The van der Waals surface area contributed by atoms with Gasteiger partial charge in [0.2, 0.25) is 10.0 Å². The highest BCUT2D eigenvalue weighted by Gasteiger charge is 2.26. The molecular weight excluding hydrogens is 338 g/mol. The average Bonchev–Trinajstić information content (AvgIpc) is 2.92. The van der Waals surface area contributed by atoms with Gasteiger partial charge in [-0.05, 0) is 39.4 Å². The van der Waals surface area contributed by atoms with Crippen LogP contribution in [-0.2, 0) is 10.0 Å². The Morgan fingerprint density at radius 2 is 1.72 bits per heavy atom. The summed E-state index contributed by atoms with van der Waals surface area (Å²) in [5.74, 6) is 0.305. The summed E-state index contributed by atoms with van der Waals surface area (Å²) in [4.78, 5) is 2.37. The van der Waals surface area contributed by atoms with Crippen molar-refractivity contribution in [1.29, 1.82) is 0 Å². The van der Waals surface area contributed by atoms with Crippen LogP contribution >= 0.6 is 0 Å². The quantitative estimate of drug-likeness (QED) is 0.778. The minimum Gasteiger partial charge on any atom is -0.360 e. The Morgan fingerprint density at radius 1 is 1.12 bits per heavy atom. The van der Waals surface area contributed by atoms with Crippen LogP contribution in [0.1, 0.15) is 42.5 Å². The Kier molecular flexibility index (Phi) is 6.37. The second kappa shape index (κ2) is 8.12. The smallest absolute Gasteiger partial charge is 0.246 e. The molecule has 0 radical (unpaired) electrons. The fourth-order valence-corrected chi connectivity index (χ4v) is 4.39. The van der Waals surface area contributed by atoms with Gasteiger partial charge < -0.3 is 4.52 Å². The van der Waals surface area contributed by atoms with E-state index in [0.717, 1.165) is 18.7 Å². The third-order valence-corrected chi connectivity index (χ3v) is 6.09. The van der Waals surface area contributed by atoms with Crippen molar-refractivity contribution in [2.75, 3.05) is 19.6 Å². The summed E-state index contributed by atoms with van der Waals surface area (Å²) in [5.41, 5.74) is 2.65. The first-order valence-electron chi connectivity index (χ1n) is 8.53. The van der Waals surface area contributed by atoms with Gasteiger partial charge in [-0.25, -0.2) is 13.1 Å². The van der Waals surface area contributed by atoms with E-state index >= 15 is 0 Å². The zero-order valence-corrected chi connectivity index (χ0v) is 16.4. The van der Waals surface area contributed by atoms with Crippen molar-refractivity contribution in [3.63, 3.8) is 0 Å². The van der Waals surface area contributed by atoms with Crippen molar-refractivity contribution in [2.45, 2.75) is 45.6 Å². The molecule has 0 aliphatic carbocycles. The van der Waals surface area contributed by atoms with E-state index in [1.165, 1.54) is 5.56 Å². The minimum absolute atomic E-state index is 0.0363. The third kappa shape index (κ3) is 4.48. The Labute approximate surface area is 150 Å². The van der Waals surface area contributed by atoms with Crippen LogP contribution in [0.2, 0.25) is 0 Å². The molecule has 1 aromatic carbocycles. The normalized spacial score (nSPS) is 13.4. The van der Waals surface area contributed by atoms with Gasteiger partial charge in [-0.15, -0.1) is 0 Å². The molecule has 1 atom stereocenters. The second-order valence-electron chi connectivity index (χ2n) is 6.15. The molecule has 0 amide bonds. The van der Waals surface area contributed by atoms with E-state index in [4.69, 9.17) is 4.52 Å². The fraction of sp³-hybridized carbons (Fsp3) is 0.500.